The fraction of sp³-hybridized carbons (Fsp3) is 0.222. The molecule has 0 atom stereocenters. The predicted octanol–water partition coefficient (Wildman–Crippen LogP) is 1.14. The predicted molar refractivity (Wildman–Crippen MR) is 62.0 cm³/mol. The van der Waals surface area contributed by atoms with E-state index in [4.69, 9.17) is 5.26 Å². The van der Waals surface area contributed by atoms with Crippen molar-refractivity contribution in [3.63, 3.8) is 0 Å². The molecule has 0 aromatic carbocycles. The normalized spacial score (nSPS) is 10.2. The Morgan fingerprint density at radius 1 is 1.47 bits per heavy atom. The Hall–Kier alpha value is -1.36. The van der Waals surface area contributed by atoms with Crippen molar-refractivity contribution in [2.45, 2.75) is 6.54 Å². The molecule has 0 unspecified atom stereocenters. The highest BCUT2D eigenvalue weighted by Gasteiger charge is 2.06. The van der Waals surface area contributed by atoms with E-state index in [0.29, 0.717) is 12.1 Å². The van der Waals surface area contributed by atoms with Crippen LogP contribution in [-0.4, -0.2) is 19.6 Å². The van der Waals surface area contributed by atoms with Crippen LogP contribution < -0.4 is 0 Å². The number of halogens is 1. The van der Waals surface area contributed by atoms with Crippen molar-refractivity contribution in [1.29, 1.82) is 5.26 Å². The maximum Gasteiger partial charge on any atom is 0.104 e. The zero-order valence-corrected chi connectivity index (χ0v) is 10.2. The maximum atomic E-state index is 8.65. The quantitative estimate of drug-likeness (QED) is 0.781. The average Bonchev–Trinajstić information content (AvgIpc) is 2.80. The number of hydrogen-bond donors (Lipinski definition) is 0. The Morgan fingerprint density at radius 2 is 2.27 bits per heavy atom. The zero-order chi connectivity index (χ0) is 10.8. The zero-order valence-electron chi connectivity index (χ0n) is 8.05. The molecule has 0 aliphatic carbocycles. The van der Waals surface area contributed by atoms with E-state index in [2.05, 4.69) is 32.8 Å². The van der Waals surface area contributed by atoms with Crippen molar-refractivity contribution in [2.75, 3.05) is 0 Å². The summed E-state index contributed by atoms with van der Waals surface area (Å²) in [5, 5.41) is 16.9. The topological polar surface area (TPSA) is 59.4 Å². The van der Waals surface area contributed by atoms with Crippen molar-refractivity contribution in [1.82, 2.24) is 19.6 Å². The van der Waals surface area contributed by atoms with Gasteiger partial charge in [-0.15, -0.1) is 0 Å². The monoisotopic (exact) mass is 313 g/mol. The summed E-state index contributed by atoms with van der Waals surface area (Å²) in [4.78, 5) is 0. The van der Waals surface area contributed by atoms with Gasteiger partial charge in [-0.1, -0.05) is 0 Å². The van der Waals surface area contributed by atoms with Crippen molar-refractivity contribution in [3.05, 3.63) is 33.4 Å². The third kappa shape index (κ3) is 2.02. The molecule has 0 radical (unpaired) electrons. The molecule has 0 N–H and O–H groups in total. The minimum atomic E-state index is 0.578. The molecule has 0 amide bonds. The van der Waals surface area contributed by atoms with Gasteiger partial charge in [0.05, 0.1) is 24.5 Å². The van der Waals surface area contributed by atoms with Crippen molar-refractivity contribution in [3.8, 4) is 6.07 Å². The minimum Gasteiger partial charge on any atom is -0.267 e. The summed E-state index contributed by atoms with van der Waals surface area (Å²) in [7, 11) is 1.90. The number of nitriles is 1. The van der Waals surface area contributed by atoms with Crippen LogP contribution in [0.3, 0.4) is 0 Å². The van der Waals surface area contributed by atoms with Crippen molar-refractivity contribution in [2.24, 2.45) is 7.05 Å². The van der Waals surface area contributed by atoms with E-state index in [-0.39, 0.29) is 0 Å². The summed E-state index contributed by atoms with van der Waals surface area (Å²) in [6.45, 7) is 0.647. The lowest BCUT2D eigenvalue weighted by atomic mass is 10.3. The van der Waals surface area contributed by atoms with Crippen LogP contribution in [-0.2, 0) is 13.6 Å². The lowest BCUT2D eigenvalue weighted by molar-refractivity contribution is 0.680. The fourth-order valence-corrected chi connectivity index (χ4v) is 1.69. The van der Waals surface area contributed by atoms with E-state index in [0.717, 1.165) is 9.26 Å². The molecule has 6 heteroatoms. The number of hydrogen-bond acceptors (Lipinski definition) is 3. The molecular weight excluding hydrogens is 305 g/mol. The van der Waals surface area contributed by atoms with Gasteiger partial charge >= 0.3 is 0 Å². The molecule has 0 spiro atoms. The highest BCUT2D eigenvalue weighted by molar-refractivity contribution is 14.1. The first-order valence-corrected chi connectivity index (χ1v) is 5.37. The van der Waals surface area contributed by atoms with Crippen molar-refractivity contribution >= 4 is 22.6 Å². The Labute approximate surface area is 100 Å². The van der Waals surface area contributed by atoms with E-state index >= 15 is 0 Å². The smallest absolute Gasteiger partial charge is 0.104 e. The Kier molecular flexibility index (Phi) is 2.73. The fourth-order valence-electron chi connectivity index (χ4n) is 1.26. The van der Waals surface area contributed by atoms with E-state index in [9.17, 15) is 0 Å². The largest absolute Gasteiger partial charge is 0.267 e. The highest BCUT2D eigenvalue weighted by Crippen LogP contribution is 2.11. The number of nitrogens with zero attached hydrogens (tertiary/aromatic N) is 5. The minimum absolute atomic E-state index is 0.578. The van der Waals surface area contributed by atoms with Crippen LogP contribution in [0.15, 0.2) is 18.6 Å². The molecule has 0 fully saturated rings. The lowest BCUT2D eigenvalue weighted by Crippen LogP contribution is -2.01. The van der Waals surface area contributed by atoms with Crippen molar-refractivity contribution < 1.29 is 0 Å². The van der Waals surface area contributed by atoms with E-state index in [1.165, 1.54) is 0 Å². The molecule has 76 valence electrons. The van der Waals surface area contributed by atoms with Gasteiger partial charge in [0.2, 0.25) is 0 Å². The SMILES string of the molecule is Cn1ncc(Cn2cc(C#N)cn2)c1I. The second-order valence-electron chi connectivity index (χ2n) is 3.12. The summed E-state index contributed by atoms with van der Waals surface area (Å²) in [6, 6.07) is 2.05. The second kappa shape index (κ2) is 4.02. The summed E-state index contributed by atoms with van der Waals surface area (Å²) in [5.41, 5.74) is 1.68. The van der Waals surface area contributed by atoms with Crippen LogP contribution in [0.2, 0.25) is 0 Å². The first-order chi connectivity index (χ1) is 7.20. The number of aromatic nitrogens is 4. The lowest BCUT2D eigenvalue weighted by Gasteiger charge is -1.99. The highest BCUT2D eigenvalue weighted by atomic mass is 127. The van der Waals surface area contributed by atoms with E-state index < -0.39 is 0 Å². The van der Waals surface area contributed by atoms with Gasteiger partial charge in [-0.3, -0.25) is 9.36 Å². The Balaban J connectivity index is 2.22. The van der Waals surface area contributed by atoms with Gasteiger partial charge in [-0.05, 0) is 22.6 Å². The standard InChI is InChI=1S/C9H8IN5/c1-14-9(10)8(4-12-14)6-15-5-7(2-11)3-13-15/h3-5H,6H2,1H3. The first-order valence-electron chi connectivity index (χ1n) is 4.29. The van der Waals surface area contributed by atoms with Crippen LogP contribution in [0, 0.1) is 15.0 Å². The van der Waals surface area contributed by atoms with Crippen LogP contribution in [0.5, 0.6) is 0 Å². The van der Waals surface area contributed by atoms with E-state index in [1.807, 2.05) is 24.0 Å². The molecule has 0 aliphatic rings. The van der Waals surface area contributed by atoms with Gasteiger partial charge in [-0.25, -0.2) is 0 Å². The molecule has 0 bridgehead atoms. The Morgan fingerprint density at radius 3 is 2.80 bits per heavy atom. The summed E-state index contributed by atoms with van der Waals surface area (Å²) in [6.07, 6.45) is 5.10. The molecular formula is C9H8IN5. The number of aryl methyl sites for hydroxylation is 1. The molecule has 0 saturated heterocycles. The maximum absolute atomic E-state index is 8.65. The molecule has 15 heavy (non-hydrogen) atoms. The first kappa shape index (κ1) is 10.2. The van der Waals surface area contributed by atoms with Crippen LogP contribution in [0.25, 0.3) is 0 Å². The number of rotatable bonds is 2. The third-order valence-corrected chi connectivity index (χ3v) is 3.42. The van der Waals surface area contributed by atoms with Gasteiger partial charge in [-0.2, -0.15) is 15.5 Å². The molecule has 2 aromatic rings. The molecule has 2 heterocycles. The summed E-state index contributed by atoms with van der Waals surface area (Å²) >= 11 is 2.24. The molecule has 2 rings (SSSR count). The molecule has 5 nitrogen and oxygen atoms in total. The molecule has 0 aliphatic heterocycles. The van der Waals surface area contributed by atoms with Gasteiger partial charge in [0.25, 0.3) is 0 Å². The van der Waals surface area contributed by atoms with Gasteiger partial charge in [0, 0.05) is 18.8 Å². The van der Waals surface area contributed by atoms with Gasteiger partial charge in [0.15, 0.2) is 0 Å². The van der Waals surface area contributed by atoms with Gasteiger partial charge < -0.3 is 0 Å². The summed E-state index contributed by atoms with van der Waals surface area (Å²) < 4.78 is 4.63. The molecule has 2 aromatic heterocycles. The summed E-state index contributed by atoms with van der Waals surface area (Å²) in [5.74, 6) is 0. The second-order valence-corrected chi connectivity index (χ2v) is 4.14. The molecule has 0 saturated carbocycles. The third-order valence-electron chi connectivity index (χ3n) is 2.03. The Bertz CT molecular complexity index is 519. The van der Waals surface area contributed by atoms with Gasteiger partial charge in [0.1, 0.15) is 9.77 Å². The van der Waals surface area contributed by atoms with Crippen LogP contribution in [0.1, 0.15) is 11.1 Å². The van der Waals surface area contributed by atoms with E-state index in [1.54, 1.807) is 17.1 Å². The van der Waals surface area contributed by atoms with Crippen LogP contribution in [0.4, 0.5) is 0 Å². The van der Waals surface area contributed by atoms with Crippen LogP contribution >= 0.6 is 22.6 Å². The average molecular weight is 313 g/mol.